The van der Waals surface area contributed by atoms with Crippen LogP contribution < -0.4 is 4.90 Å². The van der Waals surface area contributed by atoms with E-state index in [1.54, 1.807) is 24.3 Å². The number of aliphatic hydroxyl groups excluding tert-OH is 1. The first kappa shape index (κ1) is 20.3. The van der Waals surface area contributed by atoms with Crippen molar-refractivity contribution in [3.8, 4) is 5.75 Å². The third-order valence-electron chi connectivity index (χ3n) is 5.33. The Morgan fingerprint density at radius 1 is 0.967 bits per heavy atom. The van der Waals surface area contributed by atoms with Gasteiger partial charge < -0.3 is 14.9 Å². The van der Waals surface area contributed by atoms with Crippen LogP contribution in [0.5, 0.6) is 5.75 Å². The molecule has 0 aromatic heterocycles. The summed E-state index contributed by atoms with van der Waals surface area (Å²) < 4.78 is 19.2. The Morgan fingerprint density at radius 3 is 2.30 bits per heavy atom. The summed E-state index contributed by atoms with van der Waals surface area (Å²) in [7, 11) is 0. The van der Waals surface area contributed by atoms with Crippen molar-refractivity contribution in [3.05, 3.63) is 95.8 Å². The van der Waals surface area contributed by atoms with Crippen LogP contribution in [-0.4, -0.2) is 21.5 Å². The molecule has 1 saturated heterocycles. The average Bonchev–Trinajstić information content (AvgIpc) is 3.09. The van der Waals surface area contributed by atoms with Gasteiger partial charge in [-0.1, -0.05) is 42.5 Å². The molecule has 0 bridgehead atoms. The van der Waals surface area contributed by atoms with Gasteiger partial charge in [-0.25, -0.2) is 4.39 Å². The second kappa shape index (κ2) is 8.81. The average molecular weight is 424 g/mol. The van der Waals surface area contributed by atoms with Crippen LogP contribution in [0.15, 0.2) is 78.9 Å². The lowest BCUT2D eigenvalue weighted by molar-refractivity contribution is 0.126. The first-order chi connectivity index (χ1) is 14.5. The van der Waals surface area contributed by atoms with Crippen molar-refractivity contribution in [1.29, 1.82) is 0 Å². The largest absolute Gasteiger partial charge is 0.508 e. The summed E-state index contributed by atoms with van der Waals surface area (Å²) in [5.41, 5.74) is 2.54. The lowest BCUT2D eigenvalue weighted by atomic mass is 9.94. The molecule has 0 amide bonds. The number of aromatic hydroxyl groups is 1. The molecule has 1 heterocycles. The normalized spacial score (nSPS) is 19.5. The number of halogens is 1. The Hall–Kier alpha value is -2.96. The zero-order valence-electron chi connectivity index (χ0n) is 16.2. The molecule has 3 aromatic rings. The van der Waals surface area contributed by atoms with Crippen LogP contribution in [0.3, 0.4) is 0 Å². The van der Waals surface area contributed by atoms with Crippen LogP contribution in [-0.2, 0) is 4.74 Å². The van der Waals surface area contributed by atoms with Crippen molar-refractivity contribution in [2.24, 2.45) is 0 Å². The highest BCUT2D eigenvalue weighted by Crippen LogP contribution is 2.40. The van der Waals surface area contributed by atoms with Crippen LogP contribution in [0, 0.1) is 5.82 Å². The number of phenolic OH excluding ortho intramolecular Hbond substituents is 1. The summed E-state index contributed by atoms with van der Waals surface area (Å²) in [6.07, 6.45) is -0.0182. The summed E-state index contributed by atoms with van der Waals surface area (Å²) in [5.74, 6) is -0.142. The molecule has 0 saturated carbocycles. The van der Waals surface area contributed by atoms with E-state index in [4.69, 9.17) is 17.0 Å². The van der Waals surface area contributed by atoms with Gasteiger partial charge in [-0.3, -0.25) is 4.90 Å². The first-order valence-electron chi connectivity index (χ1n) is 9.80. The fourth-order valence-corrected chi connectivity index (χ4v) is 4.15. The maximum Gasteiger partial charge on any atom is 0.264 e. The molecule has 4 nitrogen and oxygen atoms in total. The Balaban J connectivity index is 1.58. The van der Waals surface area contributed by atoms with Crippen LogP contribution in [0.4, 0.5) is 10.1 Å². The molecule has 0 radical (unpaired) electrons. The smallest absolute Gasteiger partial charge is 0.264 e. The standard InChI is InChI=1S/C24H22FNO3S/c25-18-10-6-16(7-11-18)21(28)14-15-22-23(17-8-12-20(27)13-9-17)26(24(30)29-22)19-4-2-1-3-5-19/h1-13,21-23,27-28H,14-15H2/t21-,22+,23+/m0/s1. The molecule has 154 valence electrons. The predicted octanol–water partition coefficient (Wildman–Crippen LogP) is 5.28. The monoisotopic (exact) mass is 423 g/mol. The fraction of sp³-hybridized carbons (Fsp3) is 0.208. The van der Waals surface area contributed by atoms with E-state index in [-0.39, 0.29) is 23.7 Å². The SMILES string of the molecule is Oc1ccc([C@@H]2[C@@H](CC[C@H](O)c3ccc(F)cc3)OC(=S)N2c2ccccc2)cc1. The van der Waals surface area contributed by atoms with Crippen LogP contribution in [0.1, 0.15) is 36.1 Å². The van der Waals surface area contributed by atoms with Gasteiger partial charge in [0.2, 0.25) is 0 Å². The van der Waals surface area contributed by atoms with Gasteiger partial charge >= 0.3 is 0 Å². The molecule has 0 spiro atoms. The first-order valence-corrected chi connectivity index (χ1v) is 10.2. The molecule has 1 aliphatic rings. The van der Waals surface area contributed by atoms with E-state index < -0.39 is 6.10 Å². The number of rotatable bonds is 6. The van der Waals surface area contributed by atoms with Crippen molar-refractivity contribution in [2.75, 3.05) is 4.90 Å². The van der Waals surface area contributed by atoms with Crippen molar-refractivity contribution in [3.63, 3.8) is 0 Å². The number of hydrogen-bond donors (Lipinski definition) is 2. The number of anilines is 1. The molecule has 3 aromatic carbocycles. The molecule has 30 heavy (non-hydrogen) atoms. The number of hydrogen-bond acceptors (Lipinski definition) is 4. The maximum absolute atomic E-state index is 13.2. The molecule has 3 atom stereocenters. The van der Waals surface area contributed by atoms with Gasteiger partial charge in [0.15, 0.2) is 0 Å². The van der Waals surface area contributed by atoms with Crippen molar-refractivity contribution in [2.45, 2.75) is 31.1 Å². The zero-order chi connectivity index (χ0) is 21.1. The van der Waals surface area contributed by atoms with Gasteiger partial charge in [0.25, 0.3) is 5.17 Å². The number of aliphatic hydroxyl groups is 1. The molecule has 1 fully saturated rings. The van der Waals surface area contributed by atoms with E-state index in [0.29, 0.717) is 23.6 Å². The summed E-state index contributed by atoms with van der Waals surface area (Å²) in [6.45, 7) is 0. The predicted molar refractivity (Wildman–Crippen MR) is 118 cm³/mol. The second-order valence-electron chi connectivity index (χ2n) is 7.31. The maximum atomic E-state index is 13.2. The van der Waals surface area contributed by atoms with E-state index >= 15 is 0 Å². The van der Waals surface area contributed by atoms with Crippen LogP contribution in [0.2, 0.25) is 0 Å². The quantitative estimate of drug-likeness (QED) is 0.529. The summed E-state index contributed by atoms with van der Waals surface area (Å²) in [5, 5.41) is 20.6. The summed E-state index contributed by atoms with van der Waals surface area (Å²) >= 11 is 5.54. The fourth-order valence-electron chi connectivity index (χ4n) is 3.81. The number of phenols is 1. The van der Waals surface area contributed by atoms with E-state index in [1.807, 2.05) is 47.4 Å². The molecule has 0 aliphatic carbocycles. The van der Waals surface area contributed by atoms with E-state index in [2.05, 4.69) is 0 Å². The van der Waals surface area contributed by atoms with Crippen LogP contribution >= 0.6 is 12.2 Å². The molecule has 4 rings (SSSR count). The van der Waals surface area contributed by atoms with E-state index in [1.165, 1.54) is 12.1 Å². The Labute approximate surface area is 180 Å². The summed E-state index contributed by atoms with van der Waals surface area (Å²) in [4.78, 5) is 1.97. The number of ether oxygens (including phenoxy) is 1. The number of benzene rings is 3. The lowest BCUT2D eigenvalue weighted by Crippen LogP contribution is -2.29. The molecule has 2 N–H and O–H groups in total. The molecular weight excluding hydrogens is 401 g/mol. The van der Waals surface area contributed by atoms with Gasteiger partial charge in [-0.15, -0.1) is 0 Å². The number of thiocarbonyl (C=S) groups is 1. The Kier molecular flexibility index (Phi) is 5.97. The third kappa shape index (κ3) is 4.30. The van der Waals surface area contributed by atoms with Crippen molar-refractivity contribution < 1.29 is 19.3 Å². The lowest BCUT2D eigenvalue weighted by Gasteiger charge is -2.26. The highest BCUT2D eigenvalue weighted by molar-refractivity contribution is 7.80. The Morgan fingerprint density at radius 2 is 1.63 bits per heavy atom. The minimum absolute atomic E-state index is 0.190. The van der Waals surface area contributed by atoms with E-state index in [9.17, 15) is 14.6 Å². The van der Waals surface area contributed by atoms with Gasteiger partial charge in [0.05, 0.1) is 12.1 Å². The zero-order valence-corrected chi connectivity index (χ0v) is 17.0. The van der Waals surface area contributed by atoms with Crippen molar-refractivity contribution in [1.82, 2.24) is 0 Å². The molecule has 6 heteroatoms. The highest BCUT2D eigenvalue weighted by atomic mass is 32.1. The van der Waals surface area contributed by atoms with Gasteiger partial charge in [-0.05, 0) is 72.6 Å². The second-order valence-corrected chi connectivity index (χ2v) is 7.66. The van der Waals surface area contributed by atoms with E-state index in [0.717, 1.165) is 11.3 Å². The highest BCUT2D eigenvalue weighted by Gasteiger charge is 2.41. The van der Waals surface area contributed by atoms with Gasteiger partial charge in [-0.2, -0.15) is 0 Å². The minimum atomic E-state index is -0.728. The minimum Gasteiger partial charge on any atom is -0.508 e. The molecule has 0 unspecified atom stereocenters. The number of nitrogens with zero attached hydrogens (tertiary/aromatic N) is 1. The van der Waals surface area contributed by atoms with Crippen molar-refractivity contribution >= 4 is 23.1 Å². The van der Waals surface area contributed by atoms with Gasteiger partial charge in [0, 0.05) is 5.69 Å². The van der Waals surface area contributed by atoms with Gasteiger partial charge in [0.1, 0.15) is 17.7 Å². The molecule has 1 aliphatic heterocycles. The topological polar surface area (TPSA) is 52.9 Å². The summed E-state index contributed by atoms with van der Waals surface area (Å²) in [6, 6.07) is 22.4. The third-order valence-corrected chi connectivity index (χ3v) is 5.62. The number of para-hydroxylation sites is 1. The Bertz CT molecular complexity index is 995. The molecular formula is C24H22FNO3S. The van der Waals surface area contributed by atoms with Crippen LogP contribution in [0.25, 0.3) is 0 Å².